The zero-order valence-corrected chi connectivity index (χ0v) is 20.1. The Labute approximate surface area is 209 Å². The van der Waals surface area contributed by atoms with E-state index in [-0.39, 0.29) is 17.3 Å². The molecule has 36 heavy (non-hydrogen) atoms. The molecule has 0 radical (unpaired) electrons. The molecule has 0 spiro atoms. The van der Waals surface area contributed by atoms with E-state index in [2.05, 4.69) is 0 Å². The van der Waals surface area contributed by atoms with Gasteiger partial charge in [0.15, 0.2) is 6.20 Å². The van der Waals surface area contributed by atoms with E-state index in [0.29, 0.717) is 28.3 Å². The molecule has 1 aliphatic carbocycles. The van der Waals surface area contributed by atoms with Crippen molar-refractivity contribution in [2.24, 2.45) is 5.92 Å². The number of pyridine rings is 1. The number of carbonyl (C=O) groups excluding carboxylic acids is 2. The van der Waals surface area contributed by atoms with Crippen molar-refractivity contribution in [3.8, 4) is 17.0 Å². The van der Waals surface area contributed by atoms with Crippen LogP contribution in [0.2, 0.25) is 0 Å². The number of hydrogen-bond donors (Lipinski definition) is 1. The fourth-order valence-corrected chi connectivity index (χ4v) is 5.39. The standard InChI is InChI=1S/C29H28N2O5/c1-36-23-16-12-21(13-17-23)27(32)25-26(20-7-3-2-4-8-20)31(29(34)28(25)33)22-14-10-19(11-15-22)24-9-5-6-18-30(24)35/h5-6,9-18,20,26,32H,2-4,7-8H2,1H3/b27-25-. The second-order valence-corrected chi connectivity index (χ2v) is 9.30. The third-order valence-electron chi connectivity index (χ3n) is 7.21. The summed E-state index contributed by atoms with van der Waals surface area (Å²) in [6, 6.07) is 18.5. The number of Topliss-reactive ketones (excluding diaryl/α,β-unsaturated/α-hetero) is 1. The number of carbonyl (C=O) groups is 2. The summed E-state index contributed by atoms with van der Waals surface area (Å²) < 4.78 is 5.99. The first-order valence-electron chi connectivity index (χ1n) is 12.2. The number of ketones is 1. The zero-order chi connectivity index (χ0) is 25.2. The lowest BCUT2D eigenvalue weighted by molar-refractivity contribution is -0.593. The summed E-state index contributed by atoms with van der Waals surface area (Å²) in [7, 11) is 1.56. The Hall–Kier alpha value is -4.13. The van der Waals surface area contributed by atoms with Crippen molar-refractivity contribution in [2.75, 3.05) is 12.0 Å². The maximum Gasteiger partial charge on any atom is 0.299 e. The van der Waals surface area contributed by atoms with Crippen LogP contribution in [0, 0.1) is 11.1 Å². The number of nitrogens with zero attached hydrogens (tertiary/aromatic N) is 2. The third-order valence-corrected chi connectivity index (χ3v) is 7.21. The molecule has 1 saturated carbocycles. The van der Waals surface area contributed by atoms with Gasteiger partial charge in [-0.25, -0.2) is 0 Å². The van der Waals surface area contributed by atoms with Crippen LogP contribution < -0.4 is 14.4 Å². The highest BCUT2D eigenvalue weighted by Gasteiger charge is 2.49. The summed E-state index contributed by atoms with van der Waals surface area (Å²) in [5.41, 5.74) is 2.39. The Bertz CT molecular complexity index is 1310. The number of benzene rings is 2. The minimum absolute atomic E-state index is 0.0575. The van der Waals surface area contributed by atoms with Crippen molar-refractivity contribution >= 4 is 23.1 Å². The first-order valence-corrected chi connectivity index (χ1v) is 12.2. The molecule has 7 nitrogen and oxygen atoms in total. The normalized spacial score (nSPS) is 20.0. The highest BCUT2D eigenvalue weighted by molar-refractivity contribution is 6.51. The maximum absolute atomic E-state index is 13.4. The third kappa shape index (κ3) is 4.21. The van der Waals surface area contributed by atoms with Gasteiger partial charge < -0.3 is 15.1 Å². The lowest BCUT2D eigenvalue weighted by atomic mass is 9.80. The highest BCUT2D eigenvalue weighted by Crippen LogP contribution is 2.41. The lowest BCUT2D eigenvalue weighted by Gasteiger charge is -2.34. The van der Waals surface area contributed by atoms with Gasteiger partial charge in [0.25, 0.3) is 11.7 Å². The number of anilines is 1. The molecular weight excluding hydrogens is 456 g/mol. The van der Waals surface area contributed by atoms with Crippen molar-refractivity contribution in [3.63, 3.8) is 0 Å². The molecule has 5 rings (SSSR count). The lowest BCUT2D eigenvalue weighted by Crippen LogP contribution is -2.40. The summed E-state index contributed by atoms with van der Waals surface area (Å²) in [5, 5.41) is 23.4. The van der Waals surface area contributed by atoms with E-state index in [0.717, 1.165) is 36.8 Å². The Kier molecular flexibility index (Phi) is 6.46. The van der Waals surface area contributed by atoms with Crippen LogP contribution in [-0.2, 0) is 9.59 Å². The summed E-state index contributed by atoms with van der Waals surface area (Å²) in [5.74, 6) is -0.798. The van der Waals surface area contributed by atoms with Gasteiger partial charge in [0.05, 0.1) is 18.7 Å². The van der Waals surface area contributed by atoms with Gasteiger partial charge in [-0.1, -0.05) is 19.3 Å². The Morgan fingerprint density at radius 1 is 0.972 bits per heavy atom. The molecule has 7 heteroatoms. The average Bonchev–Trinajstić information content (AvgIpc) is 3.19. The number of ether oxygens (including phenoxy) is 1. The Balaban J connectivity index is 1.57. The quantitative estimate of drug-likeness (QED) is 0.184. The Morgan fingerprint density at radius 3 is 2.31 bits per heavy atom. The number of aromatic nitrogens is 1. The van der Waals surface area contributed by atoms with Crippen LogP contribution in [0.25, 0.3) is 17.0 Å². The van der Waals surface area contributed by atoms with Crippen molar-refractivity contribution < 1.29 is 24.2 Å². The molecule has 1 amide bonds. The summed E-state index contributed by atoms with van der Waals surface area (Å²) >= 11 is 0. The molecular formula is C29H28N2O5. The predicted molar refractivity (Wildman–Crippen MR) is 136 cm³/mol. The van der Waals surface area contributed by atoms with Crippen LogP contribution in [0.4, 0.5) is 5.69 Å². The SMILES string of the molecule is COc1ccc(/C(O)=C2/C(=O)C(=O)N(c3ccc(-c4cccc[n+]4[O-])cc3)C2C2CCCCC2)cc1. The molecule has 1 atom stereocenters. The van der Waals surface area contributed by atoms with Crippen LogP contribution in [0.3, 0.4) is 0 Å². The van der Waals surface area contributed by atoms with E-state index >= 15 is 0 Å². The molecule has 2 aliphatic rings. The summed E-state index contributed by atoms with van der Waals surface area (Å²) in [6.07, 6.45) is 6.34. The van der Waals surface area contributed by atoms with E-state index in [1.165, 1.54) is 11.1 Å². The van der Waals surface area contributed by atoms with Gasteiger partial charge in [0.1, 0.15) is 11.5 Å². The van der Waals surface area contributed by atoms with E-state index in [1.54, 1.807) is 73.8 Å². The van der Waals surface area contributed by atoms with Crippen LogP contribution in [-0.4, -0.2) is 29.9 Å². The van der Waals surface area contributed by atoms with Gasteiger partial charge in [-0.3, -0.25) is 14.5 Å². The fourth-order valence-electron chi connectivity index (χ4n) is 5.39. The number of methoxy groups -OCH3 is 1. The van der Waals surface area contributed by atoms with E-state index in [4.69, 9.17) is 4.74 Å². The zero-order valence-electron chi connectivity index (χ0n) is 20.1. The topological polar surface area (TPSA) is 93.8 Å². The number of aliphatic hydroxyl groups is 1. The first kappa shape index (κ1) is 23.6. The van der Waals surface area contributed by atoms with Gasteiger partial charge in [0, 0.05) is 28.9 Å². The maximum atomic E-state index is 13.4. The van der Waals surface area contributed by atoms with E-state index in [1.807, 2.05) is 0 Å². The molecule has 1 aliphatic heterocycles. The minimum atomic E-state index is -0.677. The molecule has 0 bridgehead atoms. The number of aliphatic hydroxyl groups excluding tert-OH is 1. The largest absolute Gasteiger partial charge is 0.618 e. The average molecular weight is 485 g/mol. The molecule has 2 fully saturated rings. The van der Waals surface area contributed by atoms with Gasteiger partial charge in [-0.05, 0) is 73.4 Å². The second kappa shape index (κ2) is 9.85. The predicted octanol–water partition coefficient (Wildman–Crippen LogP) is 4.83. The van der Waals surface area contributed by atoms with Crippen molar-refractivity contribution in [1.29, 1.82) is 0 Å². The van der Waals surface area contributed by atoms with Crippen molar-refractivity contribution in [1.82, 2.24) is 0 Å². The number of hydrogen-bond acceptors (Lipinski definition) is 5. The first-order chi connectivity index (χ1) is 17.5. The molecule has 184 valence electrons. The second-order valence-electron chi connectivity index (χ2n) is 9.30. The molecule has 3 aromatic rings. The van der Waals surface area contributed by atoms with Crippen LogP contribution in [0.15, 0.2) is 78.5 Å². The molecule has 1 unspecified atom stereocenters. The van der Waals surface area contributed by atoms with Gasteiger partial charge in [-0.2, -0.15) is 4.73 Å². The van der Waals surface area contributed by atoms with Crippen molar-refractivity contribution in [2.45, 2.75) is 38.1 Å². The number of amides is 1. The molecule has 1 aromatic heterocycles. The minimum Gasteiger partial charge on any atom is -0.618 e. The molecule has 1 N–H and O–H groups in total. The van der Waals surface area contributed by atoms with E-state index in [9.17, 15) is 19.9 Å². The van der Waals surface area contributed by atoms with Gasteiger partial charge >= 0.3 is 0 Å². The molecule has 2 heterocycles. The molecule has 2 aromatic carbocycles. The highest BCUT2D eigenvalue weighted by atomic mass is 16.5. The van der Waals surface area contributed by atoms with Gasteiger partial charge in [0.2, 0.25) is 5.69 Å². The number of rotatable bonds is 5. The van der Waals surface area contributed by atoms with Crippen molar-refractivity contribution in [3.05, 3.63) is 89.3 Å². The van der Waals surface area contributed by atoms with Gasteiger partial charge in [-0.15, -0.1) is 0 Å². The fraction of sp³-hybridized carbons (Fsp3) is 0.276. The monoisotopic (exact) mass is 484 g/mol. The van der Waals surface area contributed by atoms with Crippen LogP contribution in [0.1, 0.15) is 37.7 Å². The summed E-state index contributed by atoms with van der Waals surface area (Å²) in [4.78, 5) is 28.2. The summed E-state index contributed by atoms with van der Waals surface area (Å²) in [6.45, 7) is 0. The molecule has 1 saturated heterocycles. The van der Waals surface area contributed by atoms with E-state index < -0.39 is 17.7 Å². The smallest absolute Gasteiger partial charge is 0.299 e. The van der Waals surface area contributed by atoms with Crippen LogP contribution in [0.5, 0.6) is 5.75 Å². The van der Waals surface area contributed by atoms with Crippen LogP contribution >= 0.6 is 0 Å². The Morgan fingerprint density at radius 2 is 1.67 bits per heavy atom.